The number of hydrogen-bond acceptors (Lipinski definition) is 4. The number of nitrogens with zero attached hydrogens (tertiary/aromatic N) is 1. The van der Waals surface area contributed by atoms with E-state index in [-0.39, 0.29) is 12.5 Å². The summed E-state index contributed by atoms with van der Waals surface area (Å²) in [4.78, 5) is 25.3. The Bertz CT molecular complexity index is 327. The van der Waals surface area contributed by atoms with E-state index in [1.54, 1.807) is 6.08 Å². The van der Waals surface area contributed by atoms with E-state index in [0.29, 0.717) is 12.6 Å². The van der Waals surface area contributed by atoms with E-state index in [0.717, 1.165) is 32.5 Å². The lowest BCUT2D eigenvalue weighted by molar-refractivity contribution is -0.121. The number of rotatable bonds is 8. The zero-order valence-corrected chi connectivity index (χ0v) is 12.3. The molecule has 114 valence electrons. The van der Waals surface area contributed by atoms with Crippen LogP contribution in [0, 0.1) is 0 Å². The molecule has 20 heavy (non-hydrogen) atoms. The smallest absolute Gasteiger partial charge is 0.321 e. The van der Waals surface area contributed by atoms with Crippen LogP contribution in [0.4, 0.5) is 4.79 Å². The lowest BCUT2D eigenvalue weighted by Gasteiger charge is -2.24. The predicted octanol–water partition coefficient (Wildman–Crippen LogP) is 0.462. The highest BCUT2D eigenvalue weighted by Gasteiger charge is 2.19. The highest BCUT2D eigenvalue weighted by atomic mass is 16.2. The molecule has 1 fully saturated rings. The third-order valence-corrected chi connectivity index (χ3v) is 3.21. The number of urea groups is 1. The SMILES string of the molecule is C=CCNC(=O)NC(=O)CN(CCC)CC1CCCN1. The average Bonchev–Trinajstić information content (AvgIpc) is 2.89. The summed E-state index contributed by atoms with van der Waals surface area (Å²) in [6, 6.07) is -0.00529. The number of nitrogens with one attached hydrogen (secondary N) is 3. The summed E-state index contributed by atoms with van der Waals surface area (Å²) >= 11 is 0. The minimum atomic E-state index is -0.467. The third kappa shape index (κ3) is 6.68. The summed E-state index contributed by atoms with van der Waals surface area (Å²) < 4.78 is 0. The molecular weight excluding hydrogens is 256 g/mol. The lowest BCUT2D eigenvalue weighted by Crippen LogP contribution is -2.47. The van der Waals surface area contributed by atoms with Crippen molar-refractivity contribution < 1.29 is 9.59 Å². The average molecular weight is 282 g/mol. The molecule has 0 spiro atoms. The zero-order chi connectivity index (χ0) is 14.8. The van der Waals surface area contributed by atoms with Gasteiger partial charge in [0.2, 0.25) is 5.91 Å². The van der Waals surface area contributed by atoms with Crippen LogP contribution in [0.5, 0.6) is 0 Å². The van der Waals surface area contributed by atoms with Crippen LogP contribution >= 0.6 is 0 Å². The Morgan fingerprint density at radius 2 is 2.30 bits per heavy atom. The Labute approximate surface area is 121 Å². The third-order valence-electron chi connectivity index (χ3n) is 3.21. The van der Waals surface area contributed by atoms with E-state index in [1.807, 2.05) is 0 Å². The van der Waals surface area contributed by atoms with Crippen molar-refractivity contribution in [1.82, 2.24) is 20.9 Å². The van der Waals surface area contributed by atoms with E-state index >= 15 is 0 Å². The van der Waals surface area contributed by atoms with E-state index in [1.165, 1.54) is 6.42 Å². The molecule has 1 aliphatic heterocycles. The maximum atomic E-state index is 11.8. The number of imide groups is 1. The van der Waals surface area contributed by atoms with Crippen molar-refractivity contribution >= 4 is 11.9 Å². The van der Waals surface area contributed by atoms with Gasteiger partial charge in [0.15, 0.2) is 0 Å². The second-order valence-electron chi connectivity index (χ2n) is 5.08. The first-order chi connectivity index (χ1) is 9.65. The van der Waals surface area contributed by atoms with Gasteiger partial charge in [-0.25, -0.2) is 4.79 Å². The van der Waals surface area contributed by atoms with Crippen LogP contribution in [0.3, 0.4) is 0 Å². The Kier molecular flexibility index (Phi) is 7.91. The van der Waals surface area contributed by atoms with Gasteiger partial charge in [-0.05, 0) is 32.4 Å². The second-order valence-corrected chi connectivity index (χ2v) is 5.08. The van der Waals surface area contributed by atoms with Crippen molar-refractivity contribution in [2.45, 2.75) is 32.2 Å². The van der Waals surface area contributed by atoms with Crippen LogP contribution in [0.25, 0.3) is 0 Å². The fraction of sp³-hybridized carbons (Fsp3) is 0.714. The lowest BCUT2D eigenvalue weighted by atomic mass is 10.2. The molecular formula is C14H26N4O2. The van der Waals surface area contributed by atoms with Gasteiger partial charge in [-0.1, -0.05) is 13.0 Å². The van der Waals surface area contributed by atoms with Crippen molar-refractivity contribution in [3.05, 3.63) is 12.7 Å². The van der Waals surface area contributed by atoms with Gasteiger partial charge in [0.25, 0.3) is 0 Å². The molecule has 1 saturated heterocycles. The van der Waals surface area contributed by atoms with Gasteiger partial charge in [-0.2, -0.15) is 0 Å². The first-order valence-electron chi connectivity index (χ1n) is 7.30. The molecule has 0 aromatic heterocycles. The predicted molar refractivity (Wildman–Crippen MR) is 79.5 cm³/mol. The normalized spacial score (nSPS) is 18.0. The first kappa shape index (κ1) is 16.7. The molecule has 3 N–H and O–H groups in total. The van der Waals surface area contributed by atoms with E-state index in [4.69, 9.17) is 0 Å². The van der Waals surface area contributed by atoms with Crippen LogP contribution in [0.2, 0.25) is 0 Å². The quantitative estimate of drug-likeness (QED) is 0.566. The molecule has 0 aliphatic carbocycles. The Hall–Kier alpha value is -1.40. The molecule has 1 heterocycles. The van der Waals surface area contributed by atoms with Crippen LogP contribution < -0.4 is 16.0 Å². The maximum Gasteiger partial charge on any atom is 0.321 e. The number of carbonyl (C=O) groups is 2. The van der Waals surface area contributed by atoms with Crippen molar-refractivity contribution in [3.8, 4) is 0 Å². The highest BCUT2D eigenvalue weighted by molar-refractivity contribution is 5.95. The van der Waals surface area contributed by atoms with Gasteiger partial charge in [-0.3, -0.25) is 15.0 Å². The van der Waals surface area contributed by atoms with E-state index < -0.39 is 6.03 Å². The van der Waals surface area contributed by atoms with Crippen molar-refractivity contribution in [2.24, 2.45) is 0 Å². The second kappa shape index (κ2) is 9.50. The van der Waals surface area contributed by atoms with Gasteiger partial charge >= 0.3 is 6.03 Å². The molecule has 0 bridgehead atoms. The highest BCUT2D eigenvalue weighted by Crippen LogP contribution is 2.07. The summed E-state index contributed by atoms with van der Waals surface area (Å²) in [6.07, 6.45) is 4.91. The summed E-state index contributed by atoms with van der Waals surface area (Å²) in [5.74, 6) is -0.266. The molecule has 1 unspecified atom stereocenters. The Morgan fingerprint density at radius 1 is 1.50 bits per heavy atom. The molecule has 1 atom stereocenters. The standard InChI is InChI=1S/C14H26N4O2/c1-3-7-16-14(20)17-13(19)11-18(9-4-2)10-12-6-5-8-15-12/h3,12,15H,1,4-11H2,2H3,(H2,16,17,19,20). The van der Waals surface area contributed by atoms with E-state index in [2.05, 4.69) is 34.4 Å². The molecule has 3 amide bonds. The summed E-state index contributed by atoms with van der Waals surface area (Å²) in [6.45, 7) is 8.97. The maximum absolute atomic E-state index is 11.8. The molecule has 1 rings (SSSR count). The minimum Gasteiger partial charge on any atom is -0.334 e. The van der Waals surface area contributed by atoms with Gasteiger partial charge < -0.3 is 10.6 Å². The van der Waals surface area contributed by atoms with Gasteiger partial charge in [-0.15, -0.1) is 6.58 Å². The zero-order valence-electron chi connectivity index (χ0n) is 12.3. The van der Waals surface area contributed by atoms with Crippen molar-refractivity contribution in [3.63, 3.8) is 0 Å². The number of carbonyl (C=O) groups excluding carboxylic acids is 2. The van der Waals surface area contributed by atoms with Crippen LogP contribution in [-0.4, -0.2) is 55.6 Å². The van der Waals surface area contributed by atoms with Crippen LogP contribution in [0.1, 0.15) is 26.2 Å². The van der Waals surface area contributed by atoms with Gasteiger partial charge in [0, 0.05) is 19.1 Å². The first-order valence-corrected chi connectivity index (χ1v) is 7.30. The van der Waals surface area contributed by atoms with Crippen molar-refractivity contribution in [1.29, 1.82) is 0 Å². The fourth-order valence-corrected chi connectivity index (χ4v) is 2.35. The van der Waals surface area contributed by atoms with E-state index in [9.17, 15) is 9.59 Å². The number of amides is 3. The molecule has 0 saturated carbocycles. The van der Waals surface area contributed by atoms with Crippen LogP contribution in [0.15, 0.2) is 12.7 Å². The number of hydrogen-bond donors (Lipinski definition) is 3. The monoisotopic (exact) mass is 282 g/mol. The summed E-state index contributed by atoms with van der Waals surface area (Å²) in [7, 11) is 0. The largest absolute Gasteiger partial charge is 0.334 e. The molecule has 6 nitrogen and oxygen atoms in total. The minimum absolute atomic E-state index is 0.257. The molecule has 0 aromatic carbocycles. The molecule has 0 radical (unpaired) electrons. The topological polar surface area (TPSA) is 73.5 Å². The van der Waals surface area contributed by atoms with Crippen LogP contribution in [-0.2, 0) is 4.79 Å². The fourth-order valence-electron chi connectivity index (χ4n) is 2.35. The molecule has 6 heteroatoms. The Morgan fingerprint density at radius 3 is 2.90 bits per heavy atom. The van der Waals surface area contributed by atoms with Gasteiger partial charge in [0.05, 0.1) is 6.54 Å². The Balaban J connectivity index is 2.33. The van der Waals surface area contributed by atoms with Gasteiger partial charge in [0.1, 0.15) is 0 Å². The molecule has 0 aromatic rings. The summed E-state index contributed by atoms with van der Waals surface area (Å²) in [5, 5.41) is 8.28. The molecule has 1 aliphatic rings. The van der Waals surface area contributed by atoms with Crippen molar-refractivity contribution in [2.75, 3.05) is 32.7 Å². The summed E-state index contributed by atoms with van der Waals surface area (Å²) in [5.41, 5.74) is 0.